The number of benzene rings is 2. The van der Waals surface area contributed by atoms with Crippen molar-refractivity contribution in [1.29, 1.82) is 0 Å². The molecule has 0 saturated heterocycles. The molecule has 3 rings (SSSR count). The van der Waals surface area contributed by atoms with E-state index in [1.165, 1.54) is 0 Å². The summed E-state index contributed by atoms with van der Waals surface area (Å²) in [5.41, 5.74) is 2.48. The van der Waals surface area contributed by atoms with Gasteiger partial charge in [0.25, 0.3) is 0 Å². The fraction of sp³-hybridized carbons (Fsp3) is 0.118. The van der Waals surface area contributed by atoms with Crippen LogP contribution >= 0.6 is 0 Å². The topological polar surface area (TPSA) is 49.8 Å². The van der Waals surface area contributed by atoms with Gasteiger partial charge in [0.15, 0.2) is 17.3 Å². The molecule has 0 fully saturated rings. The molecule has 1 aliphatic rings. The van der Waals surface area contributed by atoms with E-state index in [2.05, 4.69) is 6.58 Å². The van der Waals surface area contributed by atoms with Gasteiger partial charge < -0.3 is 9.84 Å². The van der Waals surface area contributed by atoms with Gasteiger partial charge in [0.2, 0.25) is 0 Å². The summed E-state index contributed by atoms with van der Waals surface area (Å²) in [7, 11) is 0. The Balaban J connectivity index is 2.00. The number of aliphatic hydroxyl groups is 1. The van der Waals surface area contributed by atoms with Gasteiger partial charge in [0.05, 0.1) is 0 Å². The van der Waals surface area contributed by atoms with Gasteiger partial charge in [0.1, 0.15) is 6.10 Å². The van der Waals surface area contributed by atoms with Gasteiger partial charge in [-0.1, -0.05) is 36.9 Å². The third-order valence-electron chi connectivity index (χ3n) is 3.35. The zero-order chi connectivity index (χ0) is 14.3. The van der Waals surface area contributed by atoms with Crippen LogP contribution in [0.4, 0.5) is 0 Å². The minimum Gasteiger partial charge on any atom is -0.449 e. The Bertz CT molecular complexity index is 702. The Morgan fingerprint density at radius 3 is 2.55 bits per heavy atom. The summed E-state index contributed by atoms with van der Waals surface area (Å²) in [6, 6.07) is 12.3. The lowest BCUT2D eigenvalue weighted by Crippen LogP contribution is -2.13. The van der Waals surface area contributed by atoms with Gasteiger partial charge in [-0.15, -0.1) is 0 Å². The van der Waals surface area contributed by atoms with Crippen molar-refractivity contribution in [2.75, 3.05) is 0 Å². The third-order valence-corrected chi connectivity index (χ3v) is 3.35. The minimum absolute atomic E-state index is 0.340. The maximum absolute atomic E-state index is 12.5. The van der Waals surface area contributed by atoms with Crippen molar-refractivity contribution in [3.05, 3.63) is 65.7 Å². The molecule has 2 aromatic rings. The molecule has 1 heterocycles. The lowest BCUT2D eigenvalue weighted by Gasteiger charge is -2.12. The van der Waals surface area contributed by atoms with Crippen molar-refractivity contribution < 1.29 is 14.6 Å². The number of carbonyl (C=O) groups excluding carboxylic acids is 1. The van der Waals surface area contributed by atoms with Gasteiger partial charge in [-0.25, -0.2) is 0 Å². The van der Waals surface area contributed by atoms with Crippen molar-refractivity contribution in [2.45, 2.75) is 13.0 Å². The molecule has 2 aromatic carbocycles. The molecule has 1 unspecified atom stereocenters. The highest BCUT2D eigenvalue weighted by Gasteiger charge is 2.31. The standard InChI is InChI=1S/C17H14O3/c1-10(2)14-12(8-9-13-17(14)20-13)16(19)15(18)11-6-4-3-5-7-11/h3-9,15,18H,1H2,2H3. The average Bonchev–Trinajstić information content (AvgIpc) is 3.24. The lowest BCUT2D eigenvalue weighted by molar-refractivity contribution is 0.0747. The second kappa shape index (κ2) is 4.62. The first kappa shape index (κ1) is 12.6. The summed E-state index contributed by atoms with van der Waals surface area (Å²) in [6.07, 6.45) is -1.17. The first-order valence-corrected chi connectivity index (χ1v) is 6.37. The number of aliphatic hydroxyl groups excluding tert-OH is 1. The number of ketones is 1. The van der Waals surface area contributed by atoms with Crippen LogP contribution < -0.4 is 4.74 Å². The van der Waals surface area contributed by atoms with Crippen LogP contribution in [0, 0.1) is 0 Å². The smallest absolute Gasteiger partial charge is 0.196 e. The molecule has 0 aliphatic carbocycles. The van der Waals surface area contributed by atoms with E-state index in [9.17, 15) is 9.90 Å². The molecule has 1 atom stereocenters. The number of ether oxygens (including phenoxy) is 1. The molecular formula is C17H14O3. The molecule has 100 valence electrons. The summed E-state index contributed by atoms with van der Waals surface area (Å²) >= 11 is 0. The predicted octanol–water partition coefficient (Wildman–Crippen LogP) is 3.74. The highest BCUT2D eigenvalue weighted by Crippen LogP contribution is 2.51. The number of Topliss-reactive ketones (excluding diaryl/α,β-unsaturated/α-hetero) is 1. The van der Waals surface area contributed by atoms with E-state index in [1.807, 2.05) is 13.0 Å². The average molecular weight is 266 g/mol. The molecule has 1 aliphatic heterocycles. The maximum Gasteiger partial charge on any atom is 0.196 e. The largest absolute Gasteiger partial charge is 0.449 e. The van der Waals surface area contributed by atoms with Crippen LogP contribution in [0.25, 0.3) is 5.57 Å². The third kappa shape index (κ3) is 2.02. The number of fused-ring (bicyclic) bond motifs is 1. The molecule has 0 saturated carbocycles. The summed E-state index contributed by atoms with van der Waals surface area (Å²) in [5.74, 6) is 1.13. The zero-order valence-electron chi connectivity index (χ0n) is 11.1. The molecule has 3 heteroatoms. The van der Waals surface area contributed by atoms with Crippen molar-refractivity contribution in [3.63, 3.8) is 0 Å². The molecule has 0 aromatic heterocycles. The fourth-order valence-corrected chi connectivity index (χ4v) is 2.30. The predicted molar refractivity (Wildman–Crippen MR) is 77.0 cm³/mol. The molecule has 0 bridgehead atoms. The quantitative estimate of drug-likeness (QED) is 0.578. The van der Waals surface area contributed by atoms with Crippen LogP contribution in [0.5, 0.6) is 11.5 Å². The van der Waals surface area contributed by atoms with Gasteiger partial charge in [-0.2, -0.15) is 0 Å². The zero-order valence-corrected chi connectivity index (χ0v) is 11.1. The van der Waals surface area contributed by atoms with Crippen LogP contribution in [-0.2, 0) is 0 Å². The van der Waals surface area contributed by atoms with Crippen LogP contribution in [0.1, 0.15) is 34.5 Å². The highest BCUT2D eigenvalue weighted by atomic mass is 16.6. The van der Waals surface area contributed by atoms with Gasteiger partial charge in [-0.3, -0.25) is 4.79 Å². The van der Waals surface area contributed by atoms with Crippen LogP contribution in [0.2, 0.25) is 0 Å². The Morgan fingerprint density at radius 1 is 1.20 bits per heavy atom. The Kier molecular flexibility index (Phi) is 2.92. The van der Waals surface area contributed by atoms with Crippen LogP contribution in [-0.4, -0.2) is 10.9 Å². The van der Waals surface area contributed by atoms with Gasteiger partial charge in [-0.05, 0) is 30.2 Å². The first-order valence-electron chi connectivity index (χ1n) is 6.37. The van der Waals surface area contributed by atoms with E-state index in [4.69, 9.17) is 4.74 Å². The second-order valence-electron chi connectivity index (χ2n) is 4.88. The van der Waals surface area contributed by atoms with Crippen LogP contribution in [0.3, 0.4) is 0 Å². The lowest BCUT2D eigenvalue weighted by atomic mass is 9.93. The molecule has 0 radical (unpaired) electrons. The minimum atomic E-state index is -1.17. The van der Waals surface area contributed by atoms with Crippen molar-refractivity contribution >= 4 is 11.4 Å². The Hall–Kier alpha value is -2.39. The second-order valence-corrected chi connectivity index (χ2v) is 4.88. The molecular weight excluding hydrogens is 252 g/mol. The highest BCUT2D eigenvalue weighted by molar-refractivity contribution is 6.05. The number of rotatable bonds is 4. The van der Waals surface area contributed by atoms with Crippen molar-refractivity contribution in [2.24, 2.45) is 0 Å². The number of hydrogen-bond acceptors (Lipinski definition) is 3. The van der Waals surface area contributed by atoms with Gasteiger partial charge >= 0.3 is 0 Å². The number of allylic oxidation sites excluding steroid dienone is 1. The SMILES string of the molecule is C=C(C)c1c(C(=O)C(O)c2ccccc2)ccc2c1O2. The molecule has 0 amide bonds. The normalized spacial score (nSPS) is 13.1. The maximum atomic E-state index is 12.5. The number of carbonyl (C=O) groups is 1. The van der Waals surface area contributed by atoms with E-state index in [1.54, 1.807) is 36.4 Å². The van der Waals surface area contributed by atoms with Crippen LogP contribution in [0.15, 0.2) is 49.0 Å². The van der Waals surface area contributed by atoms with E-state index in [0.717, 1.165) is 11.3 Å². The van der Waals surface area contributed by atoms with Gasteiger partial charge in [0, 0.05) is 11.1 Å². The molecule has 3 nitrogen and oxygen atoms in total. The summed E-state index contributed by atoms with van der Waals surface area (Å²) in [6.45, 7) is 5.70. The van der Waals surface area contributed by atoms with E-state index < -0.39 is 6.10 Å². The van der Waals surface area contributed by atoms with Crippen molar-refractivity contribution in [3.8, 4) is 11.5 Å². The van der Waals surface area contributed by atoms with E-state index in [-0.39, 0.29) is 5.78 Å². The molecule has 0 spiro atoms. The first-order chi connectivity index (χ1) is 9.59. The van der Waals surface area contributed by atoms with E-state index in [0.29, 0.717) is 22.4 Å². The summed E-state index contributed by atoms with van der Waals surface area (Å²) in [4.78, 5) is 12.5. The number of hydrogen-bond donors (Lipinski definition) is 1. The fourth-order valence-electron chi connectivity index (χ4n) is 2.30. The Labute approximate surface area is 117 Å². The monoisotopic (exact) mass is 266 g/mol. The van der Waals surface area contributed by atoms with Crippen molar-refractivity contribution in [1.82, 2.24) is 0 Å². The summed E-state index contributed by atoms with van der Waals surface area (Å²) in [5, 5.41) is 10.2. The van der Waals surface area contributed by atoms with E-state index >= 15 is 0 Å². The Morgan fingerprint density at radius 2 is 1.90 bits per heavy atom. The summed E-state index contributed by atoms with van der Waals surface area (Å²) < 4.78 is 5.31. The molecule has 1 N–H and O–H groups in total. The molecule has 20 heavy (non-hydrogen) atoms.